The molecule has 0 fully saturated rings. The minimum atomic E-state index is -0.653. The Labute approximate surface area is 117 Å². The van der Waals surface area contributed by atoms with Gasteiger partial charge >= 0.3 is 5.97 Å². The highest BCUT2D eigenvalue weighted by atomic mass is 16.5. The van der Waals surface area contributed by atoms with Crippen LogP contribution in [0.3, 0.4) is 0 Å². The molecule has 6 nitrogen and oxygen atoms in total. The number of carbonyl (C=O) groups is 1. The number of ether oxygens (including phenoxy) is 1. The average molecular weight is 274 g/mol. The van der Waals surface area contributed by atoms with Crippen LogP contribution in [0, 0.1) is 6.92 Å². The number of nitrogens with zero attached hydrogens (tertiary/aromatic N) is 3. The van der Waals surface area contributed by atoms with Crippen molar-refractivity contribution < 1.29 is 9.53 Å². The van der Waals surface area contributed by atoms with Crippen molar-refractivity contribution in [3.63, 3.8) is 0 Å². The summed E-state index contributed by atoms with van der Waals surface area (Å²) in [4.78, 5) is 16.4. The largest absolute Gasteiger partial charge is 0.465 e. The van der Waals surface area contributed by atoms with E-state index in [1.165, 1.54) is 4.68 Å². The highest BCUT2D eigenvalue weighted by Crippen LogP contribution is 2.26. The van der Waals surface area contributed by atoms with Gasteiger partial charge in [-0.3, -0.25) is 4.79 Å². The number of aryl methyl sites for hydroxylation is 2. The lowest BCUT2D eigenvalue weighted by Crippen LogP contribution is -2.19. The molecule has 0 aliphatic rings. The van der Waals surface area contributed by atoms with Crippen molar-refractivity contribution in [2.45, 2.75) is 19.8 Å². The molecule has 1 unspecified atom stereocenters. The zero-order chi connectivity index (χ0) is 14.7. The Bertz CT molecular complexity index is 602. The quantitative estimate of drug-likeness (QED) is 0.852. The Hall–Kier alpha value is -2.37. The van der Waals surface area contributed by atoms with Crippen molar-refractivity contribution in [3.8, 4) is 0 Å². The first-order chi connectivity index (χ1) is 9.54. The Balaban J connectivity index is 2.50. The highest BCUT2D eigenvalue weighted by Gasteiger charge is 2.29. The van der Waals surface area contributed by atoms with E-state index in [0.29, 0.717) is 12.4 Å². The summed E-state index contributed by atoms with van der Waals surface area (Å²) in [5.41, 5.74) is 7.52. The van der Waals surface area contributed by atoms with E-state index >= 15 is 0 Å². The molecule has 0 spiro atoms. The molecule has 2 rings (SSSR count). The third-order valence-electron chi connectivity index (χ3n) is 3.09. The van der Waals surface area contributed by atoms with Gasteiger partial charge in [0.05, 0.1) is 6.61 Å². The van der Waals surface area contributed by atoms with Crippen LogP contribution in [0.2, 0.25) is 0 Å². The first kappa shape index (κ1) is 14.0. The van der Waals surface area contributed by atoms with Crippen molar-refractivity contribution >= 4 is 11.9 Å². The Morgan fingerprint density at radius 3 is 2.70 bits per heavy atom. The van der Waals surface area contributed by atoms with Gasteiger partial charge in [0.1, 0.15) is 5.92 Å². The van der Waals surface area contributed by atoms with E-state index < -0.39 is 5.92 Å². The number of carbonyl (C=O) groups excluding carboxylic acids is 1. The highest BCUT2D eigenvalue weighted by molar-refractivity contribution is 5.81. The molecule has 1 atom stereocenters. The predicted molar refractivity (Wildman–Crippen MR) is 75.1 cm³/mol. The van der Waals surface area contributed by atoms with Crippen LogP contribution in [0.4, 0.5) is 5.95 Å². The van der Waals surface area contributed by atoms with Crippen LogP contribution in [0.1, 0.15) is 29.8 Å². The smallest absolute Gasteiger partial charge is 0.321 e. The minimum Gasteiger partial charge on any atom is -0.465 e. The zero-order valence-corrected chi connectivity index (χ0v) is 11.8. The van der Waals surface area contributed by atoms with Crippen LogP contribution in [-0.2, 0) is 16.6 Å². The maximum Gasteiger partial charge on any atom is 0.321 e. The maximum absolute atomic E-state index is 12.3. The molecule has 0 aliphatic carbocycles. The molecule has 1 aromatic carbocycles. The van der Waals surface area contributed by atoms with Gasteiger partial charge < -0.3 is 10.5 Å². The lowest BCUT2D eigenvalue weighted by molar-refractivity contribution is -0.144. The van der Waals surface area contributed by atoms with E-state index in [9.17, 15) is 4.79 Å². The molecule has 6 heteroatoms. The average Bonchev–Trinajstić information content (AvgIpc) is 2.72. The molecule has 0 saturated heterocycles. The number of hydrogen-bond acceptors (Lipinski definition) is 5. The van der Waals surface area contributed by atoms with Gasteiger partial charge in [0.2, 0.25) is 5.95 Å². The Kier molecular flexibility index (Phi) is 4.02. The van der Waals surface area contributed by atoms with Gasteiger partial charge in [0.15, 0.2) is 5.82 Å². The fourth-order valence-electron chi connectivity index (χ4n) is 2.05. The van der Waals surface area contributed by atoms with Gasteiger partial charge in [-0.1, -0.05) is 24.3 Å². The molecule has 0 amide bonds. The number of hydrogen-bond donors (Lipinski definition) is 1. The van der Waals surface area contributed by atoms with E-state index in [0.717, 1.165) is 11.1 Å². The van der Waals surface area contributed by atoms with Crippen LogP contribution in [0.15, 0.2) is 24.3 Å². The summed E-state index contributed by atoms with van der Waals surface area (Å²) in [6, 6.07) is 7.61. The molecule has 1 aromatic heterocycles. The summed E-state index contributed by atoms with van der Waals surface area (Å²) in [6.45, 7) is 4.02. The summed E-state index contributed by atoms with van der Waals surface area (Å²) in [5, 5.41) is 4.21. The molecule has 106 valence electrons. The van der Waals surface area contributed by atoms with Crippen LogP contribution in [-0.4, -0.2) is 27.3 Å². The minimum absolute atomic E-state index is 0.267. The van der Waals surface area contributed by atoms with Gasteiger partial charge in [-0.25, -0.2) is 4.68 Å². The van der Waals surface area contributed by atoms with Crippen molar-refractivity contribution in [2.24, 2.45) is 7.05 Å². The second kappa shape index (κ2) is 5.73. The molecule has 20 heavy (non-hydrogen) atoms. The van der Waals surface area contributed by atoms with Gasteiger partial charge in [0.25, 0.3) is 0 Å². The molecule has 0 aliphatic heterocycles. The number of anilines is 1. The fourth-order valence-corrected chi connectivity index (χ4v) is 2.05. The lowest BCUT2D eigenvalue weighted by atomic mass is 9.94. The normalized spacial score (nSPS) is 12.2. The topological polar surface area (TPSA) is 83.0 Å². The van der Waals surface area contributed by atoms with Crippen LogP contribution in [0.5, 0.6) is 0 Å². The zero-order valence-electron chi connectivity index (χ0n) is 11.8. The van der Waals surface area contributed by atoms with Gasteiger partial charge in [-0.15, -0.1) is 0 Å². The third-order valence-corrected chi connectivity index (χ3v) is 3.09. The molecule has 0 saturated carbocycles. The Morgan fingerprint density at radius 1 is 1.45 bits per heavy atom. The summed E-state index contributed by atoms with van der Waals surface area (Å²) in [6.07, 6.45) is 0. The van der Waals surface area contributed by atoms with E-state index in [1.54, 1.807) is 14.0 Å². The van der Waals surface area contributed by atoms with E-state index in [2.05, 4.69) is 10.1 Å². The molecule has 0 radical (unpaired) electrons. The third kappa shape index (κ3) is 2.64. The number of nitrogens with two attached hydrogens (primary N) is 1. The molecule has 0 bridgehead atoms. The summed E-state index contributed by atoms with van der Waals surface area (Å²) >= 11 is 0. The molecule has 2 N–H and O–H groups in total. The van der Waals surface area contributed by atoms with Crippen molar-refractivity contribution in [3.05, 3.63) is 41.2 Å². The van der Waals surface area contributed by atoms with Gasteiger partial charge in [-0.05, 0) is 25.0 Å². The number of nitrogen functional groups attached to an aromatic ring is 1. The van der Waals surface area contributed by atoms with E-state index in [-0.39, 0.29) is 11.9 Å². The summed E-state index contributed by atoms with van der Waals surface area (Å²) in [5.74, 6) is -0.396. The summed E-state index contributed by atoms with van der Waals surface area (Å²) < 4.78 is 6.59. The monoisotopic (exact) mass is 274 g/mol. The Morgan fingerprint density at radius 2 is 2.15 bits per heavy atom. The van der Waals surface area contributed by atoms with Crippen LogP contribution >= 0.6 is 0 Å². The predicted octanol–water partition coefficient (Wildman–Crippen LogP) is 1.40. The molecular formula is C14H18N4O2. The number of esters is 1. The first-order valence-electron chi connectivity index (χ1n) is 6.43. The molecule has 2 aromatic rings. The number of aromatic nitrogens is 3. The van der Waals surface area contributed by atoms with Crippen molar-refractivity contribution in [2.75, 3.05) is 12.3 Å². The number of rotatable bonds is 4. The van der Waals surface area contributed by atoms with Crippen LogP contribution < -0.4 is 5.73 Å². The van der Waals surface area contributed by atoms with Crippen molar-refractivity contribution in [1.82, 2.24) is 14.8 Å². The fraction of sp³-hybridized carbons (Fsp3) is 0.357. The molecular weight excluding hydrogens is 256 g/mol. The maximum atomic E-state index is 12.3. The van der Waals surface area contributed by atoms with E-state index in [4.69, 9.17) is 10.5 Å². The molecule has 1 heterocycles. The van der Waals surface area contributed by atoms with Gasteiger partial charge in [-0.2, -0.15) is 10.1 Å². The van der Waals surface area contributed by atoms with E-state index in [1.807, 2.05) is 31.2 Å². The standard InChI is InChI=1S/C14H18N4O2/c1-4-20-13(19)11(10-8-6-5-7-9(10)2)12-16-14(15)18(3)17-12/h5-8,11H,4H2,1-3H3,(H2,15,16,17). The van der Waals surface area contributed by atoms with Crippen molar-refractivity contribution in [1.29, 1.82) is 0 Å². The van der Waals surface area contributed by atoms with Gasteiger partial charge in [0, 0.05) is 7.05 Å². The van der Waals surface area contributed by atoms with Crippen LogP contribution in [0.25, 0.3) is 0 Å². The number of benzene rings is 1. The first-order valence-corrected chi connectivity index (χ1v) is 6.43. The SMILES string of the molecule is CCOC(=O)C(c1nc(N)n(C)n1)c1ccccc1C. The second-order valence-corrected chi connectivity index (χ2v) is 4.49. The summed E-state index contributed by atoms with van der Waals surface area (Å²) in [7, 11) is 1.69. The second-order valence-electron chi connectivity index (χ2n) is 4.49. The lowest BCUT2D eigenvalue weighted by Gasteiger charge is -2.15.